The molecular weight excluding hydrogens is 255 g/mol. The molecule has 0 aliphatic rings. The molecule has 5 nitrogen and oxygen atoms in total. The van der Waals surface area contributed by atoms with Gasteiger partial charge in [0.05, 0.1) is 20.8 Å². The SMILES string of the molecule is CCOC(=O)C(=O)c1cc(F)c(OC)c(OC)c1C. The van der Waals surface area contributed by atoms with E-state index < -0.39 is 17.6 Å². The smallest absolute Gasteiger partial charge is 0.379 e. The summed E-state index contributed by atoms with van der Waals surface area (Å²) >= 11 is 0. The van der Waals surface area contributed by atoms with Crippen molar-refractivity contribution in [2.45, 2.75) is 13.8 Å². The Morgan fingerprint density at radius 3 is 2.26 bits per heavy atom. The molecule has 19 heavy (non-hydrogen) atoms. The van der Waals surface area contributed by atoms with E-state index in [4.69, 9.17) is 9.47 Å². The van der Waals surface area contributed by atoms with E-state index in [9.17, 15) is 14.0 Å². The van der Waals surface area contributed by atoms with Crippen LogP contribution in [0.15, 0.2) is 6.07 Å². The Balaban J connectivity index is 3.34. The Morgan fingerprint density at radius 1 is 1.21 bits per heavy atom. The lowest BCUT2D eigenvalue weighted by molar-refractivity contribution is -0.137. The van der Waals surface area contributed by atoms with Crippen LogP contribution in [0.1, 0.15) is 22.8 Å². The number of ketones is 1. The summed E-state index contributed by atoms with van der Waals surface area (Å²) in [5, 5.41) is 0. The third kappa shape index (κ3) is 2.83. The first-order chi connectivity index (χ1) is 8.97. The second-order valence-corrected chi connectivity index (χ2v) is 3.65. The van der Waals surface area contributed by atoms with Crippen molar-refractivity contribution in [1.82, 2.24) is 0 Å². The lowest BCUT2D eigenvalue weighted by Gasteiger charge is -2.14. The summed E-state index contributed by atoms with van der Waals surface area (Å²) in [6.45, 7) is 3.18. The van der Waals surface area contributed by atoms with Crippen LogP contribution in [0.2, 0.25) is 0 Å². The van der Waals surface area contributed by atoms with Gasteiger partial charge in [-0.2, -0.15) is 0 Å². The van der Waals surface area contributed by atoms with Crippen molar-refractivity contribution in [2.75, 3.05) is 20.8 Å². The van der Waals surface area contributed by atoms with Crippen LogP contribution in [-0.2, 0) is 9.53 Å². The monoisotopic (exact) mass is 270 g/mol. The van der Waals surface area contributed by atoms with E-state index >= 15 is 0 Å². The van der Waals surface area contributed by atoms with Gasteiger partial charge in [-0.05, 0) is 19.9 Å². The molecule has 0 aliphatic heterocycles. The van der Waals surface area contributed by atoms with E-state index in [1.807, 2.05) is 0 Å². The van der Waals surface area contributed by atoms with E-state index in [1.165, 1.54) is 21.1 Å². The van der Waals surface area contributed by atoms with Crippen LogP contribution in [0.4, 0.5) is 4.39 Å². The first kappa shape index (κ1) is 14.9. The summed E-state index contributed by atoms with van der Waals surface area (Å²) in [6.07, 6.45) is 0. The van der Waals surface area contributed by atoms with Gasteiger partial charge in [0.25, 0.3) is 5.78 Å². The molecule has 0 N–H and O–H groups in total. The van der Waals surface area contributed by atoms with Crippen LogP contribution in [0.3, 0.4) is 0 Å². The van der Waals surface area contributed by atoms with Gasteiger partial charge in [-0.3, -0.25) is 4.79 Å². The third-order valence-corrected chi connectivity index (χ3v) is 2.55. The zero-order valence-electron chi connectivity index (χ0n) is 11.2. The molecule has 0 aliphatic carbocycles. The summed E-state index contributed by atoms with van der Waals surface area (Å²) in [5.74, 6) is -2.76. The highest BCUT2D eigenvalue weighted by atomic mass is 19.1. The quantitative estimate of drug-likeness (QED) is 0.464. The van der Waals surface area contributed by atoms with E-state index in [0.29, 0.717) is 5.56 Å². The molecule has 0 saturated heterocycles. The van der Waals surface area contributed by atoms with Crippen molar-refractivity contribution in [3.63, 3.8) is 0 Å². The van der Waals surface area contributed by atoms with Gasteiger partial charge in [-0.15, -0.1) is 0 Å². The molecule has 0 bridgehead atoms. The molecule has 0 radical (unpaired) electrons. The predicted molar refractivity (Wildman–Crippen MR) is 65.2 cm³/mol. The number of ether oxygens (including phenoxy) is 3. The zero-order valence-corrected chi connectivity index (χ0v) is 11.2. The Bertz CT molecular complexity index is 510. The number of hydrogen-bond acceptors (Lipinski definition) is 5. The molecule has 0 heterocycles. The van der Waals surface area contributed by atoms with Crippen molar-refractivity contribution >= 4 is 11.8 Å². The maximum atomic E-state index is 13.8. The van der Waals surface area contributed by atoms with Crippen molar-refractivity contribution in [3.05, 3.63) is 23.0 Å². The molecular formula is C13H15FO5. The number of hydrogen-bond donors (Lipinski definition) is 0. The molecule has 1 aromatic carbocycles. The number of esters is 1. The van der Waals surface area contributed by atoms with E-state index in [0.717, 1.165) is 6.07 Å². The average Bonchev–Trinajstić information content (AvgIpc) is 2.39. The van der Waals surface area contributed by atoms with Gasteiger partial charge < -0.3 is 14.2 Å². The normalized spacial score (nSPS) is 9.95. The Hall–Kier alpha value is -2.11. The van der Waals surface area contributed by atoms with Crippen LogP contribution in [0.25, 0.3) is 0 Å². The molecule has 0 atom stereocenters. The van der Waals surface area contributed by atoms with Crippen LogP contribution < -0.4 is 9.47 Å². The van der Waals surface area contributed by atoms with Gasteiger partial charge in [-0.1, -0.05) is 0 Å². The van der Waals surface area contributed by atoms with Crippen molar-refractivity contribution in [1.29, 1.82) is 0 Å². The molecule has 0 spiro atoms. The number of halogens is 1. The standard InChI is InChI=1S/C13H15FO5/c1-5-19-13(16)10(15)8-6-9(14)12(18-4)11(17-3)7(8)2/h6H,5H2,1-4H3. The van der Waals surface area contributed by atoms with Crippen LogP contribution in [0.5, 0.6) is 11.5 Å². The second-order valence-electron chi connectivity index (χ2n) is 3.65. The molecule has 104 valence electrons. The number of Topliss-reactive ketones (excluding diaryl/α,β-unsaturated/α-hetero) is 1. The number of carbonyl (C=O) groups excluding carboxylic acids is 2. The van der Waals surface area contributed by atoms with Crippen molar-refractivity contribution < 1.29 is 28.2 Å². The Kier molecular flexibility index (Phi) is 4.86. The van der Waals surface area contributed by atoms with E-state index in [2.05, 4.69) is 4.74 Å². The second kappa shape index (κ2) is 6.17. The molecule has 0 unspecified atom stereocenters. The average molecular weight is 270 g/mol. The molecule has 0 aromatic heterocycles. The first-order valence-corrected chi connectivity index (χ1v) is 5.60. The van der Waals surface area contributed by atoms with Gasteiger partial charge in [0.15, 0.2) is 17.3 Å². The van der Waals surface area contributed by atoms with Gasteiger partial charge >= 0.3 is 5.97 Å². The molecule has 0 fully saturated rings. The summed E-state index contributed by atoms with van der Waals surface area (Å²) < 4.78 is 28.3. The highest BCUT2D eigenvalue weighted by Gasteiger charge is 2.25. The summed E-state index contributed by atoms with van der Waals surface area (Å²) in [7, 11) is 2.61. The summed E-state index contributed by atoms with van der Waals surface area (Å²) in [4.78, 5) is 23.2. The molecule has 0 saturated carbocycles. The van der Waals surface area contributed by atoms with Crippen molar-refractivity contribution in [3.8, 4) is 11.5 Å². The number of methoxy groups -OCH3 is 2. The van der Waals surface area contributed by atoms with Crippen LogP contribution >= 0.6 is 0 Å². The zero-order chi connectivity index (χ0) is 14.6. The highest BCUT2D eigenvalue weighted by Crippen LogP contribution is 2.35. The topological polar surface area (TPSA) is 61.8 Å². The first-order valence-electron chi connectivity index (χ1n) is 5.60. The highest BCUT2D eigenvalue weighted by molar-refractivity contribution is 6.41. The Morgan fingerprint density at radius 2 is 1.79 bits per heavy atom. The largest absolute Gasteiger partial charge is 0.492 e. The lowest BCUT2D eigenvalue weighted by atomic mass is 10.0. The summed E-state index contributed by atoms with van der Waals surface area (Å²) in [5.41, 5.74) is 0.215. The van der Waals surface area contributed by atoms with Gasteiger partial charge in [-0.25, -0.2) is 9.18 Å². The number of benzene rings is 1. The summed E-state index contributed by atoms with van der Waals surface area (Å²) in [6, 6.07) is 0.940. The van der Waals surface area contributed by atoms with E-state index in [1.54, 1.807) is 6.92 Å². The molecule has 0 amide bonds. The van der Waals surface area contributed by atoms with Crippen LogP contribution in [0, 0.1) is 12.7 Å². The van der Waals surface area contributed by atoms with Gasteiger partial charge in [0.1, 0.15) is 0 Å². The maximum absolute atomic E-state index is 13.8. The molecule has 6 heteroatoms. The third-order valence-electron chi connectivity index (χ3n) is 2.55. The molecule has 1 rings (SSSR count). The minimum atomic E-state index is -1.03. The minimum absolute atomic E-state index is 0.0688. The van der Waals surface area contributed by atoms with Crippen molar-refractivity contribution in [2.24, 2.45) is 0 Å². The molecule has 1 aromatic rings. The lowest BCUT2D eigenvalue weighted by Crippen LogP contribution is -2.19. The van der Waals surface area contributed by atoms with Gasteiger partial charge in [0, 0.05) is 11.1 Å². The maximum Gasteiger partial charge on any atom is 0.379 e. The predicted octanol–water partition coefficient (Wildman–Crippen LogP) is 1.90. The fraction of sp³-hybridized carbons (Fsp3) is 0.385. The fourth-order valence-corrected chi connectivity index (χ4v) is 1.68. The van der Waals surface area contributed by atoms with E-state index in [-0.39, 0.29) is 23.7 Å². The number of rotatable bonds is 5. The number of carbonyl (C=O) groups is 2. The minimum Gasteiger partial charge on any atom is -0.492 e. The fourth-order valence-electron chi connectivity index (χ4n) is 1.68. The van der Waals surface area contributed by atoms with Crippen LogP contribution in [-0.4, -0.2) is 32.6 Å². The van der Waals surface area contributed by atoms with Gasteiger partial charge in [0.2, 0.25) is 0 Å². The Labute approximate surface area is 110 Å².